The maximum atomic E-state index is 6.00. The molecule has 1 aromatic carbocycles. The number of aromatic nitrogens is 4. The van der Waals surface area contributed by atoms with Crippen molar-refractivity contribution in [3.8, 4) is 0 Å². The van der Waals surface area contributed by atoms with Crippen molar-refractivity contribution in [3.63, 3.8) is 0 Å². The van der Waals surface area contributed by atoms with E-state index in [0.29, 0.717) is 11.1 Å². The van der Waals surface area contributed by atoms with Crippen molar-refractivity contribution in [2.75, 3.05) is 23.3 Å². The van der Waals surface area contributed by atoms with Gasteiger partial charge < -0.3 is 10.2 Å². The molecule has 0 aliphatic carbocycles. The third-order valence-corrected chi connectivity index (χ3v) is 4.39. The van der Waals surface area contributed by atoms with E-state index in [1.54, 1.807) is 6.33 Å². The molecule has 1 unspecified atom stereocenters. The van der Waals surface area contributed by atoms with E-state index in [1.165, 1.54) is 0 Å². The van der Waals surface area contributed by atoms with Gasteiger partial charge in [0, 0.05) is 35.9 Å². The Labute approximate surface area is 144 Å². The summed E-state index contributed by atoms with van der Waals surface area (Å²) in [5.74, 6) is 1.77. The van der Waals surface area contributed by atoms with Crippen molar-refractivity contribution in [1.82, 2.24) is 19.9 Å². The lowest BCUT2D eigenvalue weighted by molar-refractivity contribution is 0.797. The highest BCUT2D eigenvalue weighted by Gasteiger charge is 2.24. The first-order valence-corrected chi connectivity index (χ1v) is 8.27. The number of rotatable bonds is 3. The summed E-state index contributed by atoms with van der Waals surface area (Å²) in [5, 5.41) is 4.14. The molecule has 3 aromatic rings. The number of fused-ring (bicyclic) bond motifs is 1. The Bertz CT molecular complexity index is 884. The summed E-state index contributed by atoms with van der Waals surface area (Å²) in [6.07, 6.45) is 4.43. The van der Waals surface area contributed by atoms with Crippen molar-refractivity contribution < 1.29 is 0 Å². The van der Waals surface area contributed by atoms with Gasteiger partial charge >= 0.3 is 0 Å². The number of nitrogens with one attached hydrogen (secondary N) is 1. The van der Waals surface area contributed by atoms with Crippen molar-refractivity contribution in [2.24, 2.45) is 0 Å². The minimum atomic E-state index is 0.335. The third kappa shape index (κ3) is 3.10. The summed E-state index contributed by atoms with van der Waals surface area (Å²) in [7, 11) is 0. The monoisotopic (exact) mass is 340 g/mol. The van der Waals surface area contributed by atoms with Gasteiger partial charge in [-0.2, -0.15) is 0 Å². The van der Waals surface area contributed by atoms with Gasteiger partial charge in [0.05, 0.1) is 17.2 Å². The largest absolute Gasteiger partial charge is 0.365 e. The first-order valence-electron chi connectivity index (χ1n) is 7.90. The molecule has 1 aliphatic rings. The van der Waals surface area contributed by atoms with Crippen LogP contribution in [0.2, 0.25) is 5.02 Å². The topological polar surface area (TPSA) is 66.8 Å². The predicted molar refractivity (Wildman–Crippen MR) is 95.6 cm³/mol. The Hall–Kier alpha value is -2.47. The van der Waals surface area contributed by atoms with Crippen molar-refractivity contribution in [1.29, 1.82) is 0 Å². The Morgan fingerprint density at radius 2 is 2.08 bits per heavy atom. The molecule has 7 heteroatoms. The van der Waals surface area contributed by atoms with E-state index in [-0.39, 0.29) is 0 Å². The maximum Gasteiger partial charge on any atom is 0.147 e. The molecule has 4 rings (SSSR count). The van der Waals surface area contributed by atoms with Gasteiger partial charge in [0.2, 0.25) is 0 Å². The van der Waals surface area contributed by atoms with E-state index in [1.807, 2.05) is 37.4 Å². The third-order valence-electron chi connectivity index (χ3n) is 4.16. The Balaban J connectivity index is 1.49. The average Bonchev–Trinajstić information content (AvgIpc) is 3.03. The average molecular weight is 341 g/mol. The van der Waals surface area contributed by atoms with Gasteiger partial charge in [-0.15, -0.1) is 0 Å². The molecule has 0 spiro atoms. The minimum Gasteiger partial charge on any atom is -0.365 e. The van der Waals surface area contributed by atoms with Crippen molar-refractivity contribution >= 4 is 34.3 Å². The Morgan fingerprint density at radius 3 is 2.96 bits per heavy atom. The number of anilines is 2. The van der Waals surface area contributed by atoms with Gasteiger partial charge in [-0.25, -0.2) is 15.0 Å². The molecule has 1 saturated heterocycles. The van der Waals surface area contributed by atoms with Crippen LogP contribution in [0.25, 0.3) is 11.0 Å². The van der Waals surface area contributed by atoms with Gasteiger partial charge in [0.25, 0.3) is 0 Å². The van der Waals surface area contributed by atoms with Crippen LogP contribution < -0.4 is 10.2 Å². The van der Waals surface area contributed by atoms with E-state index < -0.39 is 0 Å². The quantitative estimate of drug-likeness (QED) is 0.790. The van der Waals surface area contributed by atoms with E-state index in [2.05, 4.69) is 25.2 Å². The molecular weight excluding hydrogens is 324 g/mol. The number of benzene rings is 1. The number of hydrogen-bond acceptors (Lipinski definition) is 6. The lowest BCUT2D eigenvalue weighted by atomic mass is 10.2. The molecule has 1 fully saturated rings. The molecule has 0 amide bonds. The lowest BCUT2D eigenvalue weighted by Gasteiger charge is -2.18. The zero-order chi connectivity index (χ0) is 16.5. The van der Waals surface area contributed by atoms with Crippen LogP contribution in [0.3, 0.4) is 0 Å². The van der Waals surface area contributed by atoms with Gasteiger partial charge in [-0.3, -0.25) is 4.98 Å². The van der Waals surface area contributed by atoms with Gasteiger partial charge in [0.15, 0.2) is 0 Å². The maximum absolute atomic E-state index is 6.00. The van der Waals surface area contributed by atoms with Crippen LogP contribution in [0.15, 0.2) is 36.8 Å². The van der Waals surface area contributed by atoms with Crippen LogP contribution in [0.1, 0.15) is 12.1 Å². The molecule has 122 valence electrons. The van der Waals surface area contributed by atoms with Crippen LogP contribution in [0.4, 0.5) is 11.6 Å². The summed E-state index contributed by atoms with van der Waals surface area (Å²) in [5.41, 5.74) is 2.64. The van der Waals surface area contributed by atoms with Crippen LogP contribution in [-0.2, 0) is 0 Å². The summed E-state index contributed by atoms with van der Waals surface area (Å²) >= 11 is 6.00. The van der Waals surface area contributed by atoms with Crippen LogP contribution in [0, 0.1) is 6.92 Å². The molecule has 2 aromatic heterocycles. The highest BCUT2D eigenvalue weighted by molar-refractivity contribution is 6.31. The first-order chi connectivity index (χ1) is 11.7. The fourth-order valence-corrected chi connectivity index (χ4v) is 3.12. The summed E-state index contributed by atoms with van der Waals surface area (Å²) < 4.78 is 0. The molecule has 1 atom stereocenters. The zero-order valence-electron chi connectivity index (χ0n) is 13.3. The number of hydrogen-bond donors (Lipinski definition) is 1. The van der Waals surface area contributed by atoms with Crippen LogP contribution in [-0.4, -0.2) is 39.1 Å². The lowest BCUT2D eigenvalue weighted by Crippen LogP contribution is -2.27. The number of nitrogens with zero attached hydrogens (tertiary/aromatic N) is 5. The summed E-state index contributed by atoms with van der Waals surface area (Å²) in [6, 6.07) is 7.88. The Kier molecular flexibility index (Phi) is 3.90. The molecule has 3 heterocycles. The standard InChI is InChI=1S/C17H17ClN6/c1-11-6-16(21-10-20-11)22-13-4-5-24(9-13)17-8-19-15-7-12(18)2-3-14(15)23-17/h2-3,6-8,10,13H,4-5,9H2,1H3,(H,20,21,22). The summed E-state index contributed by atoms with van der Waals surface area (Å²) in [4.78, 5) is 19.8. The second-order valence-electron chi connectivity index (χ2n) is 5.98. The van der Waals surface area contributed by atoms with Crippen LogP contribution in [0.5, 0.6) is 0 Å². The molecule has 0 bridgehead atoms. The van der Waals surface area contributed by atoms with Crippen molar-refractivity contribution in [2.45, 2.75) is 19.4 Å². The van der Waals surface area contributed by atoms with Gasteiger partial charge in [-0.1, -0.05) is 11.6 Å². The fraction of sp³-hybridized carbons (Fsp3) is 0.294. The molecule has 6 nitrogen and oxygen atoms in total. The van der Waals surface area contributed by atoms with E-state index in [9.17, 15) is 0 Å². The number of aryl methyl sites for hydroxylation is 1. The molecular formula is C17H17ClN6. The van der Waals surface area contributed by atoms with E-state index in [4.69, 9.17) is 16.6 Å². The predicted octanol–water partition coefficient (Wildman–Crippen LogP) is 3.07. The fourth-order valence-electron chi connectivity index (χ4n) is 2.96. The minimum absolute atomic E-state index is 0.335. The molecule has 1 N–H and O–H groups in total. The van der Waals surface area contributed by atoms with E-state index in [0.717, 1.165) is 47.9 Å². The SMILES string of the molecule is Cc1cc(NC2CCN(c3cnc4cc(Cl)ccc4n3)C2)ncn1. The van der Waals surface area contributed by atoms with E-state index >= 15 is 0 Å². The zero-order valence-corrected chi connectivity index (χ0v) is 14.0. The normalized spacial score (nSPS) is 17.4. The highest BCUT2D eigenvalue weighted by atomic mass is 35.5. The number of halogens is 1. The molecule has 0 saturated carbocycles. The van der Waals surface area contributed by atoms with Crippen molar-refractivity contribution in [3.05, 3.63) is 47.5 Å². The molecule has 1 aliphatic heterocycles. The van der Waals surface area contributed by atoms with Crippen LogP contribution >= 0.6 is 11.6 Å². The molecule has 0 radical (unpaired) electrons. The smallest absolute Gasteiger partial charge is 0.147 e. The van der Waals surface area contributed by atoms with Gasteiger partial charge in [0.1, 0.15) is 18.0 Å². The summed E-state index contributed by atoms with van der Waals surface area (Å²) in [6.45, 7) is 3.77. The highest BCUT2D eigenvalue weighted by Crippen LogP contribution is 2.23. The second kappa shape index (κ2) is 6.20. The first kappa shape index (κ1) is 15.1. The molecule has 24 heavy (non-hydrogen) atoms. The van der Waals surface area contributed by atoms with Gasteiger partial charge in [-0.05, 0) is 31.5 Å². The second-order valence-corrected chi connectivity index (χ2v) is 6.42. The Morgan fingerprint density at radius 1 is 1.17 bits per heavy atom.